The predicted molar refractivity (Wildman–Crippen MR) is 136 cm³/mol. The maximum absolute atomic E-state index is 9.00. The van der Waals surface area contributed by atoms with Gasteiger partial charge in [0.05, 0.1) is 12.3 Å². The van der Waals surface area contributed by atoms with E-state index in [2.05, 4.69) is 62.1 Å². The minimum atomic E-state index is -0.833. The number of fused-ring (bicyclic) bond motifs is 1. The minimum absolute atomic E-state index is 0.603. The average molecular weight is 465 g/mol. The Kier molecular flexibility index (Phi) is 8.74. The van der Waals surface area contributed by atoms with Crippen molar-refractivity contribution in [2.45, 2.75) is 60.3 Å². The van der Waals surface area contributed by atoms with Crippen LogP contribution in [0.2, 0.25) is 0 Å². The number of aliphatic carboxylic acids is 1. The van der Waals surface area contributed by atoms with Gasteiger partial charge in [-0.3, -0.25) is 4.79 Å². The Bertz CT molecular complexity index is 1110. The highest BCUT2D eigenvalue weighted by Gasteiger charge is 2.15. The molecular formula is C28H36N2O4. The standard InChI is InChI=1S/C26H32N2O2.C2H4O2/c1-5-28(6-2)22-11-13-24(18(3)16-22)26-27-25(19(4)30-26)14-15-29-23-12-10-20-8-7-9-21(20)17-23;1-2(3)4/h10-13,16-17H,5-9,14-15H2,1-4H3;1H3,(H,3,4). The number of aryl methyl sites for hydroxylation is 4. The van der Waals surface area contributed by atoms with Gasteiger partial charge in [0, 0.05) is 37.7 Å². The fourth-order valence-electron chi connectivity index (χ4n) is 4.35. The van der Waals surface area contributed by atoms with E-state index in [1.165, 1.54) is 41.6 Å². The van der Waals surface area contributed by atoms with Gasteiger partial charge in [-0.2, -0.15) is 0 Å². The molecule has 0 saturated heterocycles. The predicted octanol–water partition coefficient (Wildman–Crippen LogP) is 6.01. The number of aromatic nitrogens is 1. The molecule has 0 aliphatic heterocycles. The highest BCUT2D eigenvalue weighted by atomic mass is 16.5. The van der Waals surface area contributed by atoms with Gasteiger partial charge in [-0.25, -0.2) is 4.98 Å². The Morgan fingerprint density at radius 1 is 1.09 bits per heavy atom. The molecule has 4 rings (SSSR count). The van der Waals surface area contributed by atoms with Crippen LogP contribution in [0.3, 0.4) is 0 Å². The number of hydrogen-bond acceptors (Lipinski definition) is 5. The second kappa shape index (κ2) is 11.7. The quantitative estimate of drug-likeness (QED) is 0.440. The zero-order valence-electron chi connectivity index (χ0n) is 21.0. The average Bonchev–Trinajstić information content (AvgIpc) is 3.40. The molecule has 1 aromatic heterocycles. The van der Waals surface area contributed by atoms with Crippen LogP contribution >= 0.6 is 0 Å². The van der Waals surface area contributed by atoms with E-state index in [0.717, 1.165) is 49.2 Å². The first kappa shape index (κ1) is 25.3. The smallest absolute Gasteiger partial charge is 0.300 e. The summed E-state index contributed by atoms with van der Waals surface area (Å²) in [4.78, 5) is 16.1. The summed E-state index contributed by atoms with van der Waals surface area (Å²) in [5.74, 6) is 1.69. The van der Waals surface area contributed by atoms with E-state index in [0.29, 0.717) is 12.5 Å². The lowest BCUT2D eigenvalue weighted by atomic mass is 10.1. The number of oxazole rings is 1. The van der Waals surface area contributed by atoms with Crippen LogP contribution in [0.4, 0.5) is 5.69 Å². The van der Waals surface area contributed by atoms with Gasteiger partial charge in [0.1, 0.15) is 11.5 Å². The highest BCUT2D eigenvalue weighted by Crippen LogP contribution is 2.29. The second-order valence-corrected chi connectivity index (χ2v) is 8.59. The zero-order valence-corrected chi connectivity index (χ0v) is 21.0. The summed E-state index contributed by atoms with van der Waals surface area (Å²) in [6.07, 6.45) is 4.37. The molecule has 3 aromatic rings. The van der Waals surface area contributed by atoms with Gasteiger partial charge in [0.2, 0.25) is 5.89 Å². The molecule has 1 N–H and O–H groups in total. The Morgan fingerprint density at radius 2 is 1.79 bits per heavy atom. The van der Waals surface area contributed by atoms with E-state index < -0.39 is 5.97 Å². The molecule has 6 heteroatoms. The summed E-state index contributed by atoms with van der Waals surface area (Å²) in [7, 11) is 0. The van der Waals surface area contributed by atoms with E-state index in [-0.39, 0.29) is 0 Å². The van der Waals surface area contributed by atoms with Crippen molar-refractivity contribution in [1.29, 1.82) is 0 Å². The number of anilines is 1. The number of ether oxygens (including phenoxy) is 1. The topological polar surface area (TPSA) is 75.8 Å². The largest absolute Gasteiger partial charge is 0.493 e. The van der Waals surface area contributed by atoms with Crippen molar-refractivity contribution in [2.24, 2.45) is 0 Å². The van der Waals surface area contributed by atoms with Crippen LogP contribution in [0.5, 0.6) is 5.75 Å². The number of hydrogen-bond donors (Lipinski definition) is 1. The summed E-state index contributed by atoms with van der Waals surface area (Å²) in [6, 6.07) is 13.0. The molecule has 0 unspecified atom stereocenters. The van der Waals surface area contributed by atoms with Crippen LogP contribution in [0, 0.1) is 13.8 Å². The van der Waals surface area contributed by atoms with Crippen molar-refractivity contribution in [2.75, 3.05) is 24.6 Å². The van der Waals surface area contributed by atoms with Crippen LogP contribution in [0.25, 0.3) is 11.5 Å². The van der Waals surface area contributed by atoms with Crippen molar-refractivity contribution in [3.8, 4) is 17.2 Å². The van der Waals surface area contributed by atoms with Crippen LogP contribution < -0.4 is 9.64 Å². The summed E-state index contributed by atoms with van der Waals surface area (Å²) < 4.78 is 12.0. The maximum Gasteiger partial charge on any atom is 0.300 e. The molecule has 34 heavy (non-hydrogen) atoms. The summed E-state index contributed by atoms with van der Waals surface area (Å²) in [5.41, 5.74) is 7.37. The van der Waals surface area contributed by atoms with Crippen molar-refractivity contribution in [1.82, 2.24) is 4.98 Å². The van der Waals surface area contributed by atoms with Gasteiger partial charge in [-0.15, -0.1) is 0 Å². The first-order chi connectivity index (χ1) is 16.3. The maximum atomic E-state index is 9.00. The van der Waals surface area contributed by atoms with E-state index >= 15 is 0 Å². The molecule has 0 bridgehead atoms. The molecule has 0 radical (unpaired) electrons. The van der Waals surface area contributed by atoms with Gasteiger partial charge in [-0.1, -0.05) is 6.07 Å². The number of rotatable bonds is 8. The number of carboxylic acids is 1. The van der Waals surface area contributed by atoms with Crippen molar-refractivity contribution >= 4 is 11.7 Å². The zero-order chi connectivity index (χ0) is 24.7. The second-order valence-electron chi connectivity index (χ2n) is 8.59. The number of nitrogens with zero attached hydrogens (tertiary/aromatic N) is 2. The summed E-state index contributed by atoms with van der Waals surface area (Å²) in [6.45, 7) is 12.2. The van der Waals surface area contributed by atoms with E-state index in [1.54, 1.807) is 0 Å². The molecule has 1 heterocycles. The molecule has 0 atom stereocenters. The van der Waals surface area contributed by atoms with Gasteiger partial charge in [0.15, 0.2) is 0 Å². The van der Waals surface area contributed by atoms with E-state index in [9.17, 15) is 0 Å². The molecule has 2 aromatic carbocycles. The molecule has 1 aliphatic carbocycles. The van der Waals surface area contributed by atoms with E-state index in [1.807, 2.05) is 6.92 Å². The third-order valence-corrected chi connectivity index (χ3v) is 6.14. The van der Waals surface area contributed by atoms with Gasteiger partial charge in [0.25, 0.3) is 5.97 Å². The van der Waals surface area contributed by atoms with Gasteiger partial charge < -0.3 is 19.2 Å². The SMILES string of the molecule is CC(=O)O.CCN(CC)c1ccc(-c2nc(CCOc3ccc4c(c3)CCC4)c(C)o2)c(C)c1. The van der Waals surface area contributed by atoms with Gasteiger partial charge >= 0.3 is 0 Å². The van der Waals surface area contributed by atoms with Crippen LogP contribution in [-0.2, 0) is 24.1 Å². The first-order valence-corrected chi connectivity index (χ1v) is 12.1. The lowest BCUT2D eigenvalue weighted by molar-refractivity contribution is -0.134. The summed E-state index contributed by atoms with van der Waals surface area (Å²) >= 11 is 0. The van der Waals surface area contributed by atoms with Crippen molar-refractivity contribution < 1.29 is 19.1 Å². The molecule has 1 aliphatic rings. The lowest BCUT2D eigenvalue weighted by Gasteiger charge is -2.21. The number of carboxylic acid groups (broad SMARTS) is 1. The Balaban J connectivity index is 0.000000751. The Morgan fingerprint density at radius 3 is 2.47 bits per heavy atom. The van der Waals surface area contributed by atoms with Crippen LogP contribution in [-0.4, -0.2) is 35.8 Å². The minimum Gasteiger partial charge on any atom is -0.493 e. The molecule has 0 fully saturated rings. The van der Waals surface area contributed by atoms with E-state index in [4.69, 9.17) is 24.0 Å². The van der Waals surface area contributed by atoms with Crippen molar-refractivity contribution in [3.05, 3.63) is 64.5 Å². The Hall–Kier alpha value is -3.28. The van der Waals surface area contributed by atoms with Crippen molar-refractivity contribution in [3.63, 3.8) is 0 Å². The molecule has 182 valence electrons. The fourth-order valence-corrected chi connectivity index (χ4v) is 4.35. The molecule has 6 nitrogen and oxygen atoms in total. The van der Waals surface area contributed by atoms with Crippen LogP contribution in [0.15, 0.2) is 40.8 Å². The van der Waals surface area contributed by atoms with Crippen LogP contribution in [0.1, 0.15) is 55.3 Å². The first-order valence-electron chi connectivity index (χ1n) is 12.1. The summed E-state index contributed by atoms with van der Waals surface area (Å²) in [5, 5.41) is 7.42. The molecule has 0 spiro atoms. The fraction of sp³-hybridized carbons (Fsp3) is 0.429. The number of benzene rings is 2. The normalized spacial score (nSPS) is 12.0. The number of carbonyl (C=O) groups is 1. The lowest BCUT2D eigenvalue weighted by Crippen LogP contribution is -2.21. The third kappa shape index (κ3) is 6.40. The monoisotopic (exact) mass is 464 g/mol. The third-order valence-electron chi connectivity index (χ3n) is 6.14. The Labute approximate surface area is 202 Å². The van der Waals surface area contributed by atoms with Gasteiger partial charge in [-0.05, 0) is 94.0 Å². The molecular weight excluding hydrogens is 428 g/mol. The highest BCUT2D eigenvalue weighted by molar-refractivity contribution is 5.64. The molecule has 0 saturated carbocycles. The molecule has 0 amide bonds.